The van der Waals surface area contributed by atoms with Crippen molar-refractivity contribution in [2.24, 2.45) is 4.99 Å². The van der Waals surface area contributed by atoms with E-state index in [1.807, 2.05) is 35.9 Å². The number of hydrogen-bond acceptors (Lipinski definition) is 5. The Kier molecular flexibility index (Phi) is 8.88. The second-order valence-corrected chi connectivity index (χ2v) is 7.29. The average Bonchev–Trinajstić information content (AvgIpc) is 3.09. The number of carbonyl (C=O) groups is 1. The lowest BCUT2D eigenvalue weighted by molar-refractivity contribution is -0.127. The third-order valence-corrected chi connectivity index (χ3v) is 4.79. The molecule has 0 bridgehead atoms. The summed E-state index contributed by atoms with van der Waals surface area (Å²) in [5.74, 6) is 3.23. The summed E-state index contributed by atoms with van der Waals surface area (Å²) in [6.45, 7) is 3.31. The number of benzene rings is 1. The number of ether oxygens (including phenoxy) is 1. The molecule has 2 heterocycles. The molecular weight excluding hydrogens is 497 g/mol. The van der Waals surface area contributed by atoms with Crippen LogP contribution in [0.2, 0.25) is 0 Å². The van der Waals surface area contributed by atoms with E-state index in [4.69, 9.17) is 4.74 Å². The molecular formula is C20H30IN7O2. The second kappa shape index (κ2) is 11.1. The molecule has 1 unspecified atom stereocenters. The highest BCUT2D eigenvalue weighted by molar-refractivity contribution is 14.0. The average molecular weight is 527 g/mol. The molecule has 164 valence electrons. The lowest BCUT2D eigenvalue weighted by Crippen LogP contribution is -2.49. The van der Waals surface area contributed by atoms with Crippen LogP contribution < -0.4 is 15.4 Å². The zero-order valence-corrected chi connectivity index (χ0v) is 20.2. The summed E-state index contributed by atoms with van der Waals surface area (Å²) in [5, 5.41) is 11.0. The van der Waals surface area contributed by atoms with Crippen LogP contribution in [-0.4, -0.2) is 65.3 Å². The van der Waals surface area contributed by atoms with Gasteiger partial charge in [0.2, 0.25) is 5.91 Å². The molecule has 10 heteroatoms. The highest BCUT2D eigenvalue weighted by Crippen LogP contribution is 2.14. The maximum Gasteiger partial charge on any atom is 0.241 e. The van der Waals surface area contributed by atoms with Crippen LogP contribution in [0.15, 0.2) is 29.3 Å². The topological polar surface area (TPSA) is 96.7 Å². The van der Waals surface area contributed by atoms with E-state index in [9.17, 15) is 4.79 Å². The van der Waals surface area contributed by atoms with Gasteiger partial charge >= 0.3 is 0 Å². The molecule has 1 aliphatic rings. The Morgan fingerprint density at radius 2 is 2.07 bits per heavy atom. The Balaban J connectivity index is 0.00000320. The molecule has 9 nitrogen and oxygen atoms in total. The van der Waals surface area contributed by atoms with Crippen molar-refractivity contribution in [2.75, 3.05) is 27.7 Å². The van der Waals surface area contributed by atoms with Crippen molar-refractivity contribution in [2.45, 2.75) is 38.9 Å². The van der Waals surface area contributed by atoms with E-state index in [1.54, 1.807) is 26.1 Å². The van der Waals surface area contributed by atoms with Crippen LogP contribution in [0, 0.1) is 6.92 Å². The summed E-state index contributed by atoms with van der Waals surface area (Å²) in [4.78, 5) is 22.7. The SMILES string of the molecule is COc1ccc(CN=C(NCC(=O)N(C)C)NC2CCc3nc(C)nn3C2)cc1.I. The second-order valence-electron chi connectivity index (χ2n) is 7.29. The highest BCUT2D eigenvalue weighted by Gasteiger charge is 2.22. The summed E-state index contributed by atoms with van der Waals surface area (Å²) >= 11 is 0. The van der Waals surface area contributed by atoms with Crippen LogP contribution in [0.3, 0.4) is 0 Å². The molecule has 3 rings (SSSR count). The Morgan fingerprint density at radius 1 is 1.33 bits per heavy atom. The first kappa shape index (κ1) is 23.9. The van der Waals surface area contributed by atoms with Crippen LogP contribution in [0.5, 0.6) is 5.75 Å². The first-order valence-electron chi connectivity index (χ1n) is 9.73. The number of halogens is 1. The van der Waals surface area contributed by atoms with Gasteiger partial charge in [-0.25, -0.2) is 14.7 Å². The largest absolute Gasteiger partial charge is 0.497 e. The number of nitrogens with one attached hydrogen (secondary N) is 2. The summed E-state index contributed by atoms with van der Waals surface area (Å²) < 4.78 is 7.14. The van der Waals surface area contributed by atoms with Gasteiger partial charge in [-0.05, 0) is 31.0 Å². The Bertz CT molecular complexity index is 865. The zero-order chi connectivity index (χ0) is 20.8. The quantitative estimate of drug-likeness (QED) is 0.335. The first-order valence-corrected chi connectivity index (χ1v) is 9.73. The lowest BCUT2D eigenvalue weighted by atomic mass is 10.1. The molecule has 0 fully saturated rings. The molecule has 2 aromatic rings. The van der Waals surface area contributed by atoms with E-state index in [-0.39, 0.29) is 42.5 Å². The van der Waals surface area contributed by atoms with E-state index >= 15 is 0 Å². The number of aromatic nitrogens is 3. The molecule has 1 atom stereocenters. The summed E-state index contributed by atoms with van der Waals surface area (Å²) in [5.41, 5.74) is 1.06. The highest BCUT2D eigenvalue weighted by atomic mass is 127. The number of aliphatic imine (C=N–C) groups is 1. The molecule has 30 heavy (non-hydrogen) atoms. The van der Waals surface area contributed by atoms with Crippen molar-refractivity contribution in [1.29, 1.82) is 0 Å². The van der Waals surface area contributed by atoms with Gasteiger partial charge in [0.25, 0.3) is 0 Å². The van der Waals surface area contributed by atoms with E-state index in [2.05, 4.69) is 25.7 Å². The van der Waals surface area contributed by atoms with Crippen molar-refractivity contribution in [3.05, 3.63) is 41.5 Å². The number of methoxy groups -OCH3 is 1. The van der Waals surface area contributed by atoms with Gasteiger partial charge in [-0.1, -0.05) is 12.1 Å². The molecule has 0 spiro atoms. The predicted octanol–water partition coefficient (Wildman–Crippen LogP) is 1.35. The molecule has 0 saturated carbocycles. The van der Waals surface area contributed by atoms with Gasteiger partial charge in [-0.2, -0.15) is 5.10 Å². The fourth-order valence-corrected chi connectivity index (χ4v) is 3.12. The third kappa shape index (κ3) is 6.57. The summed E-state index contributed by atoms with van der Waals surface area (Å²) in [7, 11) is 5.12. The molecule has 0 radical (unpaired) electrons. The molecule has 2 N–H and O–H groups in total. The molecule has 0 aliphatic carbocycles. The monoisotopic (exact) mass is 527 g/mol. The normalized spacial score (nSPS) is 15.6. The maximum atomic E-state index is 12.0. The van der Waals surface area contributed by atoms with Crippen LogP contribution in [-0.2, 0) is 24.3 Å². The summed E-state index contributed by atoms with van der Waals surface area (Å²) in [6.07, 6.45) is 1.80. The minimum absolute atomic E-state index is 0. The van der Waals surface area contributed by atoms with Gasteiger partial charge in [-0.3, -0.25) is 4.79 Å². The molecule has 1 aliphatic heterocycles. The van der Waals surface area contributed by atoms with Crippen LogP contribution in [0.25, 0.3) is 0 Å². The van der Waals surface area contributed by atoms with Crippen molar-refractivity contribution < 1.29 is 9.53 Å². The molecule has 1 amide bonds. The van der Waals surface area contributed by atoms with Crippen molar-refractivity contribution in [3.63, 3.8) is 0 Å². The minimum Gasteiger partial charge on any atom is -0.497 e. The fraction of sp³-hybridized carbons (Fsp3) is 0.500. The smallest absolute Gasteiger partial charge is 0.241 e. The van der Waals surface area contributed by atoms with E-state index in [1.165, 1.54) is 0 Å². The lowest BCUT2D eigenvalue weighted by Gasteiger charge is -2.25. The standard InChI is InChI=1S/C20H29N7O2.HI/c1-14-23-18-10-7-16(13-27(18)25-14)24-20(22-12-19(28)26(2)3)21-11-15-5-8-17(29-4)9-6-15;/h5-6,8-9,16H,7,10-13H2,1-4H3,(H2,21,22,24);1H. The fourth-order valence-electron chi connectivity index (χ4n) is 3.12. The zero-order valence-electron chi connectivity index (χ0n) is 17.9. The van der Waals surface area contributed by atoms with Gasteiger partial charge < -0.3 is 20.3 Å². The van der Waals surface area contributed by atoms with Crippen LogP contribution in [0.4, 0.5) is 0 Å². The predicted molar refractivity (Wildman–Crippen MR) is 126 cm³/mol. The number of amides is 1. The Hall–Kier alpha value is -2.37. The maximum absolute atomic E-state index is 12.0. The van der Waals surface area contributed by atoms with Gasteiger partial charge in [0.05, 0.1) is 26.7 Å². The molecule has 1 aromatic heterocycles. The number of nitrogens with zero attached hydrogens (tertiary/aromatic N) is 5. The number of carbonyl (C=O) groups excluding carboxylic acids is 1. The van der Waals surface area contributed by atoms with Crippen molar-refractivity contribution in [1.82, 2.24) is 30.3 Å². The van der Waals surface area contributed by atoms with Gasteiger partial charge in [-0.15, -0.1) is 24.0 Å². The molecule has 0 saturated heterocycles. The molecule has 1 aromatic carbocycles. The van der Waals surface area contributed by atoms with E-state index in [0.29, 0.717) is 12.5 Å². The number of fused-ring (bicyclic) bond motifs is 1. The van der Waals surface area contributed by atoms with Gasteiger partial charge in [0, 0.05) is 26.6 Å². The number of likely N-dealkylation sites (N-methyl/N-ethyl adjacent to an activating group) is 1. The van der Waals surface area contributed by atoms with Crippen LogP contribution >= 0.6 is 24.0 Å². The number of aryl methyl sites for hydroxylation is 2. The Morgan fingerprint density at radius 3 is 2.73 bits per heavy atom. The number of rotatable bonds is 6. The van der Waals surface area contributed by atoms with Gasteiger partial charge in [0.1, 0.15) is 17.4 Å². The Labute approximate surface area is 194 Å². The number of hydrogen-bond donors (Lipinski definition) is 2. The third-order valence-electron chi connectivity index (χ3n) is 4.79. The minimum atomic E-state index is -0.0122. The summed E-state index contributed by atoms with van der Waals surface area (Å²) in [6, 6.07) is 7.96. The van der Waals surface area contributed by atoms with Crippen molar-refractivity contribution >= 4 is 35.8 Å². The van der Waals surface area contributed by atoms with Gasteiger partial charge in [0.15, 0.2) is 5.96 Å². The van der Waals surface area contributed by atoms with Crippen molar-refractivity contribution in [3.8, 4) is 5.75 Å². The first-order chi connectivity index (χ1) is 13.9. The number of guanidine groups is 1. The van der Waals surface area contributed by atoms with E-state index < -0.39 is 0 Å². The van der Waals surface area contributed by atoms with Crippen LogP contribution in [0.1, 0.15) is 23.6 Å². The van der Waals surface area contributed by atoms with E-state index in [0.717, 1.165) is 42.3 Å².